The second kappa shape index (κ2) is 4.97. The molecule has 90 valence electrons. The maximum atomic E-state index is 13.5. The molecule has 0 aliphatic rings. The van der Waals surface area contributed by atoms with Crippen LogP contribution < -0.4 is 5.32 Å². The smallest absolute Gasteiger partial charge is 0.146 e. The van der Waals surface area contributed by atoms with Crippen LogP contribution in [0, 0.1) is 5.82 Å². The molecule has 1 atom stereocenters. The quantitative estimate of drug-likeness (QED) is 0.848. The average molecular weight is 235 g/mol. The van der Waals surface area contributed by atoms with E-state index in [-0.39, 0.29) is 18.5 Å². The average Bonchev–Trinajstić information content (AvgIpc) is 2.75. The number of para-hydroxylation sites is 1. The van der Waals surface area contributed by atoms with Crippen molar-refractivity contribution in [1.82, 2.24) is 9.55 Å². The third-order valence-electron chi connectivity index (χ3n) is 2.60. The van der Waals surface area contributed by atoms with Gasteiger partial charge in [-0.15, -0.1) is 0 Å². The van der Waals surface area contributed by atoms with Crippen LogP contribution in [0.4, 0.5) is 10.1 Å². The minimum absolute atomic E-state index is 0.131. The van der Waals surface area contributed by atoms with Crippen molar-refractivity contribution in [2.45, 2.75) is 6.04 Å². The van der Waals surface area contributed by atoms with Gasteiger partial charge in [0.05, 0.1) is 36.6 Å². The van der Waals surface area contributed by atoms with Gasteiger partial charge in [-0.2, -0.15) is 0 Å². The molecule has 5 heteroatoms. The zero-order chi connectivity index (χ0) is 12.3. The predicted octanol–water partition coefficient (Wildman–Crippen LogP) is 1.70. The topological polar surface area (TPSA) is 50.1 Å². The van der Waals surface area contributed by atoms with E-state index in [0.717, 1.165) is 5.69 Å². The molecular weight excluding hydrogens is 221 g/mol. The summed E-state index contributed by atoms with van der Waals surface area (Å²) in [6.45, 7) is -0.131. The second-order valence-corrected chi connectivity index (χ2v) is 3.79. The van der Waals surface area contributed by atoms with Gasteiger partial charge in [-0.25, -0.2) is 9.37 Å². The number of benzene rings is 1. The van der Waals surface area contributed by atoms with E-state index in [4.69, 9.17) is 0 Å². The van der Waals surface area contributed by atoms with E-state index >= 15 is 0 Å². The molecule has 0 amide bonds. The van der Waals surface area contributed by atoms with E-state index in [9.17, 15) is 9.50 Å². The Morgan fingerprint density at radius 2 is 2.24 bits per heavy atom. The standard InChI is InChI=1S/C12H14FN3O/c1-16-8-14-6-12(16)11(7-17)15-10-5-3-2-4-9(10)13/h2-6,8,11,15,17H,7H2,1H3. The van der Waals surface area contributed by atoms with Crippen LogP contribution in [0.15, 0.2) is 36.8 Å². The maximum Gasteiger partial charge on any atom is 0.146 e. The third kappa shape index (κ3) is 2.45. The maximum absolute atomic E-state index is 13.5. The van der Waals surface area contributed by atoms with Crippen LogP contribution in [0.25, 0.3) is 0 Å². The van der Waals surface area contributed by atoms with Gasteiger partial charge in [0, 0.05) is 7.05 Å². The van der Waals surface area contributed by atoms with Gasteiger partial charge in [-0.05, 0) is 12.1 Å². The van der Waals surface area contributed by atoms with Gasteiger partial charge in [0.1, 0.15) is 5.82 Å². The minimum Gasteiger partial charge on any atom is -0.394 e. The molecule has 1 unspecified atom stereocenters. The van der Waals surface area contributed by atoms with Crippen molar-refractivity contribution >= 4 is 5.69 Å². The van der Waals surface area contributed by atoms with Gasteiger partial charge in [0.25, 0.3) is 0 Å². The number of rotatable bonds is 4. The number of hydrogen-bond acceptors (Lipinski definition) is 3. The van der Waals surface area contributed by atoms with Gasteiger partial charge in [-0.3, -0.25) is 0 Å². The zero-order valence-corrected chi connectivity index (χ0v) is 9.47. The molecular formula is C12H14FN3O. The van der Waals surface area contributed by atoms with E-state index in [1.165, 1.54) is 6.07 Å². The van der Waals surface area contributed by atoms with Crippen molar-refractivity contribution in [3.8, 4) is 0 Å². The Balaban J connectivity index is 2.22. The fourth-order valence-electron chi connectivity index (χ4n) is 1.68. The lowest BCUT2D eigenvalue weighted by atomic mass is 10.2. The SMILES string of the molecule is Cn1cncc1C(CO)Nc1ccccc1F. The summed E-state index contributed by atoms with van der Waals surface area (Å²) in [5.74, 6) is -0.340. The van der Waals surface area contributed by atoms with E-state index in [0.29, 0.717) is 5.69 Å². The molecule has 0 radical (unpaired) electrons. The molecule has 1 aromatic carbocycles. The number of nitrogens with zero attached hydrogens (tertiary/aromatic N) is 2. The summed E-state index contributed by atoms with van der Waals surface area (Å²) < 4.78 is 15.2. The summed E-state index contributed by atoms with van der Waals surface area (Å²) >= 11 is 0. The van der Waals surface area contributed by atoms with Crippen LogP contribution in [0.2, 0.25) is 0 Å². The van der Waals surface area contributed by atoms with Gasteiger partial charge < -0.3 is 15.0 Å². The molecule has 0 fully saturated rings. The Bertz CT molecular complexity index is 498. The van der Waals surface area contributed by atoms with Gasteiger partial charge in [0.15, 0.2) is 0 Å². The Hall–Kier alpha value is -1.88. The van der Waals surface area contributed by atoms with E-state index in [1.807, 2.05) is 7.05 Å². The molecule has 0 saturated heterocycles. The molecule has 0 aliphatic carbocycles. The normalized spacial score (nSPS) is 12.4. The number of imidazole rings is 1. The highest BCUT2D eigenvalue weighted by Crippen LogP contribution is 2.20. The number of aliphatic hydroxyl groups excluding tert-OH is 1. The van der Waals surface area contributed by atoms with Crippen molar-refractivity contribution in [3.63, 3.8) is 0 Å². The molecule has 2 aromatic rings. The molecule has 1 heterocycles. The first kappa shape index (κ1) is 11.6. The van der Waals surface area contributed by atoms with Crippen LogP contribution in [0.1, 0.15) is 11.7 Å². The Kier molecular flexibility index (Phi) is 3.39. The fourth-order valence-corrected chi connectivity index (χ4v) is 1.68. The van der Waals surface area contributed by atoms with Crippen molar-refractivity contribution < 1.29 is 9.50 Å². The molecule has 0 aliphatic heterocycles. The van der Waals surface area contributed by atoms with Crippen LogP contribution in [0.3, 0.4) is 0 Å². The first-order chi connectivity index (χ1) is 8.22. The number of aryl methyl sites for hydroxylation is 1. The summed E-state index contributed by atoms with van der Waals surface area (Å²) in [5.41, 5.74) is 1.17. The Labute approximate surface area is 98.7 Å². The Morgan fingerprint density at radius 3 is 2.82 bits per heavy atom. The number of hydrogen-bond donors (Lipinski definition) is 2. The number of halogens is 1. The summed E-state index contributed by atoms with van der Waals surface area (Å²) in [4.78, 5) is 3.97. The van der Waals surface area contributed by atoms with Crippen molar-refractivity contribution in [3.05, 3.63) is 48.3 Å². The van der Waals surface area contributed by atoms with Crippen LogP contribution in [-0.4, -0.2) is 21.3 Å². The molecule has 2 N–H and O–H groups in total. The summed E-state index contributed by atoms with van der Waals surface area (Å²) in [6, 6.07) is 6.00. The molecule has 1 aromatic heterocycles. The Morgan fingerprint density at radius 1 is 1.47 bits per heavy atom. The zero-order valence-electron chi connectivity index (χ0n) is 9.47. The van der Waals surface area contributed by atoms with Crippen molar-refractivity contribution in [2.75, 3.05) is 11.9 Å². The number of aliphatic hydroxyl groups is 1. The van der Waals surface area contributed by atoms with Crippen LogP contribution in [0.5, 0.6) is 0 Å². The lowest BCUT2D eigenvalue weighted by Gasteiger charge is -2.18. The molecule has 17 heavy (non-hydrogen) atoms. The van der Waals surface area contributed by atoms with Gasteiger partial charge in [-0.1, -0.05) is 12.1 Å². The molecule has 0 spiro atoms. The minimum atomic E-state index is -0.376. The third-order valence-corrected chi connectivity index (χ3v) is 2.60. The first-order valence-electron chi connectivity index (χ1n) is 5.30. The van der Waals surface area contributed by atoms with Crippen molar-refractivity contribution in [2.24, 2.45) is 7.05 Å². The van der Waals surface area contributed by atoms with E-state index in [1.54, 1.807) is 35.3 Å². The molecule has 4 nitrogen and oxygen atoms in total. The highest BCUT2D eigenvalue weighted by molar-refractivity contribution is 5.46. The first-order valence-corrected chi connectivity index (χ1v) is 5.30. The molecule has 0 bridgehead atoms. The fraction of sp³-hybridized carbons (Fsp3) is 0.250. The van der Waals surface area contributed by atoms with Gasteiger partial charge >= 0.3 is 0 Å². The lowest BCUT2D eigenvalue weighted by molar-refractivity contribution is 0.272. The lowest BCUT2D eigenvalue weighted by Crippen LogP contribution is -2.18. The highest BCUT2D eigenvalue weighted by Gasteiger charge is 2.14. The molecule has 2 rings (SSSR count). The largest absolute Gasteiger partial charge is 0.394 e. The second-order valence-electron chi connectivity index (χ2n) is 3.79. The van der Waals surface area contributed by atoms with Crippen LogP contribution in [-0.2, 0) is 7.05 Å². The van der Waals surface area contributed by atoms with Gasteiger partial charge in [0.2, 0.25) is 0 Å². The van der Waals surface area contributed by atoms with E-state index in [2.05, 4.69) is 10.3 Å². The molecule has 0 saturated carbocycles. The number of nitrogens with one attached hydrogen (secondary N) is 1. The summed E-state index contributed by atoms with van der Waals surface area (Å²) in [5, 5.41) is 12.3. The number of aromatic nitrogens is 2. The van der Waals surface area contributed by atoms with Crippen molar-refractivity contribution in [1.29, 1.82) is 0 Å². The van der Waals surface area contributed by atoms with Crippen LogP contribution >= 0.6 is 0 Å². The van der Waals surface area contributed by atoms with E-state index < -0.39 is 0 Å². The predicted molar refractivity (Wildman–Crippen MR) is 63.1 cm³/mol. The number of anilines is 1. The summed E-state index contributed by atoms with van der Waals surface area (Å²) in [6.07, 6.45) is 3.29. The highest BCUT2D eigenvalue weighted by atomic mass is 19.1. The summed E-state index contributed by atoms with van der Waals surface area (Å²) in [7, 11) is 1.83. The monoisotopic (exact) mass is 235 g/mol.